The van der Waals surface area contributed by atoms with Crippen molar-refractivity contribution in [3.63, 3.8) is 0 Å². The summed E-state index contributed by atoms with van der Waals surface area (Å²) in [6, 6.07) is 8.59. The third-order valence-electron chi connectivity index (χ3n) is 3.40. The Morgan fingerprint density at radius 3 is 2.77 bits per heavy atom. The topological polar surface area (TPSA) is 68.1 Å². The van der Waals surface area contributed by atoms with Gasteiger partial charge in [0, 0.05) is 5.02 Å². The second kappa shape index (κ2) is 7.33. The number of hydrogen-bond donors (Lipinski definition) is 2. The van der Waals surface area contributed by atoms with Crippen molar-refractivity contribution in [2.75, 3.05) is 12.4 Å². The first-order valence-corrected chi connectivity index (χ1v) is 7.42. The standard InChI is InChI=1S/C16H19ClN2O3/c1-10(14-5-4-8-22-14)18-11(2)16(20)19-13-9-12(17)6-7-15(13)21-3/h4-11,18H,1-3H3,(H,19,20)/p+1/t10-,11-/m1/s1. The van der Waals surface area contributed by atoms with Gasteiger partial charge in [-0.2, -0.15) is 0 Å². The quantitative estimate of drug-likeness (QED) is 0.858. The zero-order valence-corrected chi connectivity index (χ0v) is 13.6. The van der Waals surface area contributed by atoms with Crippen LogP contribution in [0.2, 0.25) is 5.02 Å². The maximum atomic E-state index is 12.3. The Labute approximate surface area is 134 Å². The van der Waals surface area contributed by atoms with Gasteiger partial charge in [0.15, 0.2) is 11.8 Å². The maximum Gasteiger partial charge on any atom is 0.282 e. The lowest BCUT2D eigenvalue weighted by Crippen LogP contribution is -2.91. The molecule has 0 spiro atoms. The fourth-order valence-electron chi connectivity index (χ4n) is 2.19. The lowest BCUT2D eigenvalue weighted by atomic mass is 10.2. The van der Waals surface area contributed by atoms with Gasteiger partial charge in [-0.3, -0.25) is 4.79 Å². The van der Waals surface area contributed by atoms with E-state index in [4.69, 9.17) is 20.8 Å². The van der Waals surface area contributed by atoms with E-state index in [-0.39, 0.29) is 18.0 Å². The number of halogens is 1. The molecule has 0 aliphatic rings. The molecule has 0 saturated carbocycles. The van der Waals surface area contributed by atoms with Crippen molar-refractivity contribution >= 4 is 23.2 Å². The third kappa shape index (κ3) is 4.02. The van der Waals surface area contributed by atoms with E-state index in [0.29, 0.717) is 16.5 Å². The molecule has 118 valence electrons. The van der Waals surface area contributed by atoms with Crippen molar-refractivity contribution in [2.45, 2.75) is 25.9 Å². The number of quaternary nitrogens is 1. The highest BCUT2D eigenvalue weighted by Crippen LogP contribution is 2.27. The number of carbonyl (C=O) groups excluding carboxylic acids is 1. The van der Waals surface area contributed by atoms with Gasteiger partial charge in [-0.25, -0.2) is 0 Å². The molecule has 2 atom stereocenters. The van der Waals surface area contributed by atoms with Gasteiger partial charge in [0.25, 0.3) is 5.91 Å². The molecule has 2 aromatic rings. The van der Waals surface area contributed by atoms with E-state index >= 15 is 0 Å². The molecule has 0 fully saturated rings. The molecule has 0 radical (unpaired) electrons. The van der Waals surface area contributed by atoms with Crippen LogP contribution in [0.5, 0.6) is 5.75 Å². The monoisotopic (exact) mass is 323 g/mol. The fourth-order valence-corrected chi connectivity index (χ4v) is 2.36. The van der Waals surface area contributed by atoms with Crippen LogP contribution in [0.1, 0.15) is 25.6 Å². The van der Waals surface area contributed by atoms with Crippen molar-refractivity contribution in [1.29, 1.82) is 0 Å². The number of nitrogens with one attached hydrogen (secondary N) is 1. The van der Waals surface area contributed by atoms with Gasteiger partial charge < -0.3 is 19.8 Å². The number of hydrogen-bond acceptors (Lipinski definition) is 3. The van der Waals surface area contributed by atoms with E-state index in [1.165, 1.54) is 0 Å². The third-order valence-corrected chi connectivity index (χ3v) is 3.64. The van der Waals surface area contributed by atoms with Crippen LogP contribution in [0, 0.1) is 0 Å². The molecule has 5 nitrogen and oxygen atoms in total. The molecule has 0 unspecified atom stereocenters. The number of amides is 1. The number of benzene rings is 1. The molecule has 0 saturated heterocycles. The summed E-state index contributed by atoms with van der Waals surface area (Å²) in [5, 5.41) is 5.32. The molecule has 0 aliphatic heterocycles. The normalized spacial score (nSPS) is 13.5. The summed E-state index contributed by atoms with van der Waals surface area (Å²) in [6.45, 7) is 3.83. The Kier molecular flexibility index (Phi) is 5.46. The Morgan fingerprint density at radius 1 is 1.36 bits per heavy atom. The van der Waals surface area contributed by atoms with Crippen LogP contribution in [0.4, 0.5) is 5.69 Å². The highest BCUT2D eigenvalue weighted by Gasteiger charge is 2.22. The highest BCUT2D eigenvalue weighted by molar-refractivity contribution is 6.31. The van der Waals surface area contributed by atoms with Crippen LogP contribution in [-0.4, -0.2) is 19.1 Å². The molecular formula is C16H20ClN2O3+. The van der Waals surface area contributed by atoms with E-state index in [1.54, 1.807) is 31.6 Å². The fraction of sp³-hybridized carbons (Fsp3) is 0.312. The SMILES string of the molecule is COc1ccc(Cl)cc1NC(=O)[C@@H](C)[NH2+][C@H](C)c1ccco1. The smallest absolute Gasteiger partial charge is 0.282 e. The molecule has 6 heteroatoms. The van der Waals surface area contributed by atoms with Gasteiger partial charge in [-0.1, -0.05) is 11.6 Å². The molecule has 1 aromatic carbocycles. The second-order valence-electron chi connectivity index (χ2n) is 5.12. The predicted octanol–water partition coefficient (Wildman–Crippen LogP) is 2.59. The van der Waals surface area contributed by atoms with Crippen LogP contribution in [0.3, 0.4) is 0 Å². The van der Waals surface area contributed by atoms with Crippen LogP contribution in [-0.2, 0) is 4.79 Å². The zero-order chi connectivity index (χ0) is 16.1. The van der Waals surface area contributed by atoms with Gasteiger partial charge in [0.05, 0.1) is 19.1 Å². The van der Waals surface area contributed by atoms with Crippen LogP contribution >= 0.6 is 11.6 Å². The van der Waals surface area contributed by atoms with Crippen molar-refractivity contribution in [3.8, 4) is 5.75 Å². The molecular weight excluding hydrogens is 304 g/mol. The van der Waals surface area contributed by atoms with Gasteiger partial charge in [0.2, 0.25) is 0 Å². The van der Waals surface area contributed by atoms with Crippen molar-refractivity contribution in [3.05, 3.63) is 47.4 Å². The summed E-state index contributed by atoms with van der Waals surface area (Å²) in [5.41, 5.74) is 0.561. The largest absolute Gasteiger partial charge is 0.495 e. The van der Waals surface area contributed by atoms with E-state index < -0.39 is 0 Å². The second-order valence-corrected chi connectivity index (χ2v) is 5.56. The van der Waals surface area contributed by atoms with Crippen molar-refractivity contribution in [1.82, 2.24) is 0 Å². The number of rotatable bonds is 6. The maximum absolute atomic E-state index is 12.3. The Bertz CT molecular complexity index is 628. The lowest BCUT2D eigenvalue weighted by Gasteiger charge is -2.16. The Morgan fingerprint density at radius 2 is 2.14 bits per heavy atom. The highest BCUT2D eigenvalue weighted by atomic mass is 35.5. The van der Waals surface area contributed by atoms with Gasteiger partial charge in [0.1, 0.15) is 11.8 Å². The molecule has 1 aromatic heterocycles. The van der Waals surface area contributed by atoms with Gasteiger partial charge in [-0.05, 0) is 44.2 Å². The minimum Gasteiger partial charge on any atom is -0.495 e. The molecule has 1 heterocycles. The summed E-state index contributed by atoms with van der Waals surface area (Å²) in [6.07, 6.45) is 1.63. The average molecular weight is 324 g/mol. The molecule has 3 N–H and O–H groups in total. The lowest BCUT2D eigenvalue weighted by molar-refractivity contribution is -0.711. The zero-order valence-electron chi connectivity index (χ0n) is 12.8. The first kappa shape index (κ1) is 16.4. The number of nitrogens with two attached hydrogens (primary N) is 1. The summed E-state index contributed by atoms with van der Waals surface area (Å²) >= 11 is 5.96. The molecule has 1 amide bonds. The van der Waals surface area contributed by atoms with E-state index in [1.807, 2.05) is 31.3 Å². The van der Waals surface area contributed by atoms with Gasteiger partial charge in [-0.15, -0.1) is 0 Å². The summed E-state index contributed by atoms with van der Waals surface area (Å²) < 4.78 is 10.6. The van der Waals surface area contributed by atoms with Crippen LogP contribution in [0.25, 0.3) is 0 Å². The van der Waals surface area contributed by atoms with E-state index in [0.717, 1.165) is 5.76 Å². The van der Waals surface area contributed by atoms with E-state index in [9.17, 15) is 4.79 Å². The van der Waals surface area contributed by atoms with Crippen LogP contribution < -0.4 is 15.4 Å². The number of anilines is 1. The minimum absolute atomic E-state index is 0.0528. The summed E-state index contributed by atoms with van der Waals surface area (Å²) in [5.74, 6) is 1.28. The summed E-state index contributed by atoms with van der Waals surface area (Å²) in [7, 11) is 1.55. The average Bonchev–Trinajstić information content (AvgIpc) is 3.01. The van der Waals surface area contributed by atoms with Crippen molar-refractivity contribution in [2.24, 2.45) is 0 Å². The molecule has 22 heavy (non-hydrogen) atoms. The number of methoxy groups -OCH3 is 1. The Balaban J connectivity index is 2.01. The minimum atomic E-state index is -0.288. The first-order chi connectivity index (χ1) is 10.5. The number of ether oxygens (including phenoxy) is 1. The predicted molar refractivity (Wildman–Crippen MR) is 85.1 cm³/mol. The van der Waals surface area contributed by atoms with Gasteiger partial charge >= 0.3 is 0 Å². The van der Waals surface area contributed by atoms with Crippen LogP contribution in [0.15, 0.2) is 41.0 Å². The van der Waals surface area contributed by atoms with Crippen molar-refractivity contribution < 1.29 is 19.3 Å². The Hall–Kier alpha value is -1.98. The molecule has 2 rings (SSSR count). The molecule has 0 bridgehead atoms. The summed E-state index contributed by atoms with van der Waals surface area (Å²) in [4.78, 5) is 12.3. The number of furan rings is 1. The van der Waals surface area contributed by atoms with E-state index in [2.05, 4.69) is 5.32 Å². The first-order valence-electron chi connectivity index (χ1n) is 7.04. The number of carbonyl (C=O) groups is 1. The molecule has 0 aliphatic carbocycles.